The number of fused-ring (bicyclic) bond motifs is 1. The highest BCUT2D eigenvalue weighted by molar-refractivity contribution is 6.36. The minimum Gasteiger partial charge on any atom is -0.383 e. The molecule has 37 heavy (non-hydrogen) atoms. The van der Waals surface area contributed by atoms with Gasteiger partial charge in [-0.15, -0.1) is 5.10 Å². The van der Waals surface area contributed by atoms with Gasteiger partial charge in [0.25, 0.3) is 0 Å². The Bertz CT molecular complexity index is 1520. The summed E-state index contributed by atoms with van der Waals surface area (Å²) in [5, 5.41) is 26.4. The Kier molecular flexibility index (Phi) is 6.65. The van der Waals surface area contributed by atoms with Crippen molar-refractivity contribution in [1.82, 2.24) is 25.0 Å². The van der Waals surface area contributed by atoms with Gasteiger partial charge in [-0.25, -0.2) is 9.67 Å². The molecular weight excluding hydrogens is 514 g/mol. The smallest absolute Gasteiger partial charge is 0.214 e. The molecule has 0 aliphatic heterocycles. The molecule has 1 saturated carbocycles. The summed E-state index contributed by atoms with van der Waals surface area (Å²) in [5.74, 6) is -0.674. The Morgan fingerprint density at radius 1 is 1.24 bits per heavy atom. The van der Waals surface area contributed by atoms with Gasteiger partial charge < -0.3 is 10.6 Å². The van der Waals surface area contributed by atoms with Crippen molar-refractivity contribution >= 4 is 45.5 Å². The molecule has 1 aromatic carbocycles. The van der Waals surface area contributed by atoms with Crippen molar-refractivity contribution < 1.29 is 4.39 Å². The fourth-order valence-corrected chi connectivity index (χ4v) is 4.55. The van der Waals surface area contributed by atoms with Crippen molar-refractivity contribution in [1.29, 1.82) is 5.26 Å². The van der Waals surface area contributed by atoms with E-state index in [9.17, 15) is 9.65 Å². The molecule has 1 aliphatic rings. The zero-order chi connectivity index (χ0) is 26.3. The van der Waals surface area contributed by atoms with E-state index in [1.807, 2.05) is 16.9 Å². The van der Waals surface area contributed by atoms with Crippen LogP contribution in [0.5, 0.6) is 0 Å². The van der Waals surface area contributed by atoms with E-state index >= 15 is 0 Å². The Morgan fingerprint density at radius 2 is 2.03 bits per heavy atom. The van der Waals surface area contributed by atoms with Crippen LogP contribution < -0.4 is 10.6 Å². The number of hydrogen-bond acceptors (Lipinski definition) is 7. The first kappa shape index (κ1) is 25.2. The first-order chi connectivity index (χ1) is 17.6. The zero-order valence-electron chi connectivity index (χ0n) is 20.6. The van der Waals surface area contributed by atoms with E-state index in [1.54, 1.807) is 12.1 Å². The molecule has 0 spiro atoms. The van der Waals surface area contributed by atoms with Gasteiger partial charge in [-0.3, -0.25) is 4.98 Å². The maximum absolute atomic E-state index is 13.8. The third-order valence-corrected chi connectivity index (χ3v) is 6.64. The average Bonchev–Trinajstić information content (AvgIpc) is 3.57. The molecule has 0 bridgehead atoms. The van der Waals surface area contributed by atoms with E-state index in [1.165, 1.54) is 12.3 Å². The molecule has 2 N–H and O–H groups in total. The number of nitriles is 1. The molecule has 1 aliphatic carbocycles. The zero-order valence-corrected chi connectivity index (χ0v) is 22.1. The summed E-state index contributed by atoms with van der Waals surface area (Å²) >= 11 is 13.0. The van der Waals surface area contributed by atoms with E-state index in [0.717, 1.165) is 12.8 Å². The maximum atomic E-state index is 13.8. The third-order valence-electron chi connectivity index (χ3n) is 6.05. The lowest BCUT2D eigenvalue weighted by molar-refractivity contribution is 0.443. The molecule has 190 valence electrons. The Morgan fingerprint density at radius 3 is 2.70 bits per heavy atom. The monoisotopic (exact) mass is 538 g/mol. The molecule has 1 atom stereocenters. The summed E-state index contributed by atoms with van der Waals surface area (Å²) in [6, 6.07) is 8.43. The number of aromatic nitrogens is 5. The van der Waals surface area contributed by atoms with Crippen LogP contribution in [0.25, 0.3) is 10.9 Å². The molecule has 0 amide bonds. The summed E-state index contributed by atoms with van der Waals surface area (Å²) in [5.41, 5.74) is 3.41. The second-order valence-electron chi connectivity index (χ2n) is 10.4. The van der Waals surface area contributed by atoms with Crippen molar-refractivity contribution in [2.45, 2.75) is 45.7 Å². The average molecular weight is 539 g/mol. The summed E-state index contributed by atoms with van der Waals surface area (Å²) in [6.45, 7) is 6.96. The van der Waals surface area contributed by atoms with Gasteiger partial charge in [0.05, 0.1) is 34.0 Å². The molecular formula is C26H25Cl2FN8. The van der Waals surface area contributed by atoms with E-state index in [4.69, 9.17) is 23.2 Å². The van der Waals surface area contributed by atoms with Crippen LogP contribution in [0.15, 0.2) is 36.7 Å². The minimum absolute atomic E-state index is 0.0197. The minimum atomic E-state index is -0.674. The molecule has 0 radical (unpaired) electrons. The van der Waals surface area contributed by atoms with E-state index in [-0.39, 0.29) is 10.6 Å². The first-order valence-corrected chi connectivity index (χ1v) is 12.6. The number of benzene rings is 1. The lowest BCUT2D eigenvalue weighted by atomic mass is 9.96. The largest absolute Gasteiger partial charge is 0.383 e. The predicted octanol–water partition coefficient (Wildman–Crippen LogP) is 6.53. The van der Waals surface area contributed by atoms with Crippen molar-refractivity contribution in [2.75, 3.05) is 17.2 Å². The van der Waals surface area contributed by atoms with Gasteiger partial charge in [0.1, 0.15) is 23.0 Å². The van der Waals surface area contributed by atoms with Crippen molar-refractivity contribution in [3.63, 3.8) is 0 Å². The van der Waals surface area contributed by atoms with Crippen LogP contribution in [-0.2, 0) is 0 Å². The highest BCUT2D eigenvalue weighted by Gasteiger charge is 2.28. The fourth-order valence-electron chi connectivity index (χ4n) is 4.03. The molecule has 4 aromatic rings. The summed E-state index contributed by atoms with van der Waals surface area (Å²) < 4.78 is 15.6. The van der Waals surface area contributed by atoms with Crippen LogP contribution in [0.1, 0.15) is 62.5 Å². The molecule has 3 heterocycles. The number of nitrogens with one attached hydrogen (secondary N) is 2. The summed E-state index contributed by atoms with van der Waals surface area (Å²) in [6.07, 6.45) is 5.50. The van der Waals surface area contributed by atoms with Crippen LogP contribution in [-0.4, -0.2) is 31.5 Å². The SMILES string of the molecule is CC(C)(C)CNc1c(C#N)cnc2c(Cl)cc(N[C@H](c3cn(C4CC4)nn3)c3ccc(F)nc3Cl)cc12. The number of pyridine rings is 2. The Labute approximate surface area is 223 Å². The summed E-state index contributed by atoms with van der Waals surface area (Å²) in [4.78, 5) is 8.22. The second-order valence-corrected chi connectivity index (χ2v) is 11.1. The van der Waals surface area contributed by atoms with Crippen molar-refractivity contribution in [3.8, 4) is 6.07 Å². The van der Waals surface area contributed by atoms with Crippen molar-refractivity contribution in [2.24, 2.45) is 5.41 Å². The third kappa shape index (κ3) is 5.45. The number of nitrogens with zero attached hydrogens (tertiary/aromatic N) is 6. The number of hydrogen-bond donors (Lipinski definition) is 2. The van der Waals surface area contributed by atoms with Gasteiger partial charge in [0.2, 0.25) is 5.95 Å². The van der Waals surface area contributed by atoms with E-state index < -0.39 is 12.0 Å². The van der Waals surface area contributed by atoms with Gasteiger partial charge in [-0.2, -0.15) is 9.65 Å². The second kappa shape index (κ2) is 9.77. The lowest BCUT2D eigenvalue weighted by Gasteiger charge is -2.22. The molecule has 11 heteroatoms. The molecule has 8 nitrogen and oxygen atoms in total. The van der Waals surface area contributed by atoms with Crippen LogP contribution in [0.2, 0.25) is 10.2 Å². The van der Waals surface area contributed by atoms with Gasteiger partial charge >= 0.3 is 0 Å². The fraction of sp³-hybridized carbons (Fsp3) is 0.346. The van der Waals surface area contributed by atoms with Gasteiger partial charge in [0, 0.05) is 29.4 Å². The number of rotatable bonds is 7. The first-order valence-electron chi connectivity index (χ1n) is 11.9. The standard InChI is InChI=1S/C26H25Cl2FN8/c1-26(2,3)13-32-22-14(10-30)11-31-23-18(22)8-15(9-19(23)27)33-24(17-6-7-21(29)34-25(17)28)20-12-37(36-35-20)16-4-5-16/h6-9,11-12,16,24,33H,4-5,13H2,1-3H3,(H,31,32)/t24-/m0/s1. The van der Waals surface area contributed by atoms with Gasteiger partial charge in [0.15, 0.2) is 0 Å². The van der Waals surface area contributed by atoms with E-state index in [0.29, 0.717) is 56.7 Å². The molecule has 0 unspecified atom stereocenters. The highest BCUT2D eigenvalue weighted by atomic mass is 35.5. The normalized spacial score (nSPS) is 14.4. The number of halogens is 3. The topological polar surface area (TPSA) is 104 Å². The summed E-state index contributed by atoms with van der Waals surface area (Å²) in [7, 11) is 0. The predicted molar refractivity (Wildman–Crippen MR) is 142 cm³/mol. The van der Waals surface area contributed by atoms with Gasteiger partial charge in [-0.1, -0.05) is 49.2 Å². The van der Waals surface area contributed by atoms with Crippen molar-refractivity contribution in [3.05, 3.63) is 69.6 Å². The molecule has 3 aromatic heterocycles. The number of anilines is 2. The lowest BCUT2D eigenvalue weighted by Crippen LogP contribution is -2.20. The molecule has 5 rings (SSSR count). The maximum Gasteiger partial charge on any atom is 0.214 e. The highest BCUT2D eigenvalue weighted by Crippen LogP contribution is 2.38. The molecule has 1 fully saturated rings. The van der Waals surface area contributed by atoms with E-state index in [2.05, 4.69) is 57.8 Å². The molecule has 0 saturated heterocycles. The van der Waals surface area contributed by atoms with Gasteiger partial charge in [-0.05, 0) is 42.5 Å². The Balaban J connectivity index is 1.60. The quantitative estimate of drug-likeness (QED) is 0.257. The van der Waals surface area contributed by atoms with Crippen LogP contribution in [0.3, 0.4) is 0 Å². The van der Waals surface area contributed by atoms with Crippen LogP contribution >= 0.6 is 23.2 Å². The Hall–Kier alpha value is -3.48. The van der Waals surface area contributed by atoms with Crippen LogP contribution in [0, 0.1) is 22.7 Å². The van der Waals surface area contributed by atoms with Crippen LogP contribution in [0.4, 0.5) is 15.8 Å².